The van der Waals surface area contributed by atoms with Crippen molar-refractivity contribution in [3.8, 4) is 5.75 Å². The second-order valence-electron chi connectivity index (χ2n) is 4.55. The summed E-state index contributed by atoms with van der Waals surface area (Å²) < 4.78 is 18.4. The predicted octanol–water partition coefficient (Wildman–Crippen LogP) is 3.70. The van der Waals surface area contributed by atoms with Crippen LogP contribution in [0.5, 0.6) is 5.75 Å². The summed E-state index contributed by atoms with van der Waals surface area (Å²) in [5, 5.41) is 2.79. The SMILES string of the molecule is COc1ccc(C(=O)Nc2cccc(C)c2C)cc1F. The molecule has 0 heterocycles. The van der Waals surface area contributed by atoms with Crippen LogP contribution in [0.1, 0.15) is 21.5 Å². The summed E-state index contributed by atoms with van der Waals surface area (Å²) in [7, 11) is 1.38. The van der Waals surface area contributed by atoms with Crippen molar-refractivity contribution in [3.05, 3.63) is 58.9 Å². The van der Waals surface area contributed by atoms with Gasteiger partial charge >= 0.3 is 0 Å². The Morgan fingerprint density at radius 1 is 1.20 bits per heavy atom. The van der Waals surface area contributed by atoms with Crippen molar-refractivity contribution in [1.29, 1.82) is 0 Å². The number of hydrogen-bond acceptors (Lipinski definition) is 2. The van der Waals surface area contributed by atoms with Crippen LogP contribution in [0, 0.1) is 19.7 Å². The summed E-state index contributed by atoms with van der Waals surface area (Å²) in [4.78, 5) is 12.1. The van der Waals surface area contributed by atoms with Gasteiger partial charge in [0.1, 0.15) is 0 Å². The first-order valence-corrected chi connectivity index (χ1v) is 6.24. The van der Waals surface area contributed by atoms with Gasteiger partial charge in [-0.25, -0.2) is 4.39 Å². The number of ether oxygens (including phenoxy) is 1. The lowest BCUT2D eigenvalue weighted by atomic mass is 10.1. The molecule has 1 amide bonds. The van der Waals surface area contributed by atoms with Gasteiger partial charge in [0.2, 0.25) is 0 Å². The molecular weight excluding hydrogens is 257 g/mol. The maximum atomic E-state index is 13.6. The Morgan fingerprint density at radius 2 is 1.95 bits per heavy atom. The number of hydrogen-bond donors (Lipinski definition) is 1. The van der Waals surface area contributed by atoms with Crippen molar-refractivity contribution in [1.82, 2.24) is 0 Å². The van der Waals surface area contributed by atoms with E-state index in [4.69, 9.17) is 4.74 Å². The average molecular weight is 273 g/mol. The van der Waals surface area contributed by atoms with Crippen LogP contribution in [0.15, 0.2) is 36.4 Å². The van der Waals surface area contributed by atoms with Gasteiger partial charge in [0.05, 0.1) is 7.11 Å². The summed E-state index contributed by atoms with van der Waals surface area (Å²) in [6.07, 6.45) is 0. The number of benzene rings is 2. The van der Waals surface area contributed by atoms with E-state index >= 15 is 0 Å². The smallest absolute Gasteiger partial charge is 0.255 e. The van der Waals surface area contributed by atoms with E-state index in [2.05, 4.69) is 5.32 Å². The molecule has 0 unspecified atom stereocenters. The maximum Gasteiger partial charge on any atom is 0.255 e. The Hall–Kier alpha value is -2.36. The van der Waals surface area contributed by atoms with Gasteiger partial charge in [0.25, 0.3) is 5.91 Å². The van der Waals surface area contributed by atoms with E-state index in [1.807, 2.05) is 32.0 Å². The van der Waals surface area contributed by atoms with Gasteiger partial charge in [-0.05, 0) is 49.2 Å². The van der Waals surface area contributed by atoms with Crippen molar-refractivity contribution in [2.75, 3.05) is 12.4 Å². The van der Waals surface area contributed by atoms with Gasteiger partial charge in [-0.15, -0.1) is 0 Å². The van der Waals surface area contributed by atoms with Gasteiger partial charge in [0, 0.05) is 11.3 Å². The molecule has 0 aliphatic carbocycles. The predicted molar refractivity (Wildman–Crippen MR) is 76.8 cm³/mol. The second-order valence-corrected chi connectivity index (χ2v) is 4.55. The Labute approximate surface area is 117 Å². The molecule has 104 valence electrons. The minimum atomic E-state index is -0.555. The van der Waals surface area contributed by atoms with Crippen LogP contribution in [0.3, 0.4) is 0 Å². The molecule has 0 fully saturated rings. The number of rotatable bonds is 3. The number of carbonyl (C=O) groups is 1. The molecule has 2 aromatic rings. The molecule has 0 aromatic heterocycles. The molecule has 20 heavy (non-hydrogen) atoms. The topological polar surface area (TPSA) is 38.3 Å². The van der Waals surface area contributed by atoms with Crippen molar-refractivity contribution in [2.45, 2.75) is 13.8 Å². The molecule has 2 rings (SSSR count). The summed E-state index contributed by atoms with van der Waals surface area (Å²) in [5.41, 5.74) is 3.06. The third kappa shape index (κ3) is 2.79. The van der Waals surface area contributed by atoms with E-state index < -0.39 is 5.82 Å². The first-order valence-electron chi connectivity index (χ1n) is 6.24. The number of halogens is 1. The minimum absolute atomic E-state index is 0.119. The summed E-state index contributed by atoms with van der Waals surface area (Å²) >= 11 is 0. The summed E-state index contributed by atoms with van der Waals surface area (Å²) in [6.45, 7) is 3.90. The zero-order valence-corrected chi connectivity index (χ0v) is 11.7. The van der Waals surface area contributed by atoms with Crippen LogP contribution >= 0.6 is 0 Å². The highest BCUT2D eigenvalue weighted by atomic mass is 19.1. The Balaban J connectivity index is 2.24. The van der Waals surface area contributed by atoms with Crippen LogP contribution in [-0.2, 0) is 0 Å². The molecule has 0 saturated heterocycles. The monoisotopic (exact) mass is 273 g/mol. The minimum Gasteiger partial charge on any atom is -0.494 e. The van der Waals surface area contributed by atoms with Crippen LogP contribution in [0.4, 0.5) is 10.1 Å². The number of aryl methyl sites for hydroxylation is 1. The van der Waals surface area contributed by atoms with Gasteiger partial charge in [-0.1, -0.05) is 12.1 Å². The van der Waals surface area contributed by atoms with Gasteiger partial charge in [0.15, 0.2) is 11.6 Å². The van der Waals surface area contributed by atoms with Gasteiger partial charge in [-0.2, -0.15) is 0 Å². The summed E-state index contributed by atoms with van der Waals surface area (Å²) in [5.74, 6) is -0.783. The lowest BCUT2D eigenvalue weighted by Crippen LogP contribution is -2.13. The molecule has 0 bridgehead atoms. The molecule has 4 heteroatoms. The van der Waals surface area contributed by atoms with E-state index in [0.29, 0.717) is 0 Å². The molecule has 0 aliphatic rings. The molecule has 0 aliphatic heterocycles. The van der Waals surface area contributed by atoms with E-state index in [1.165, 1.54) is 25.3 Å². The first kappa shape index (κ1) is 14.1. The Bertz CT molecular complexity index is 653. The van der Waals surface area contributed by atoms with Crippen molar-refractivity contribution >= 4 is 11.6 Å². The maximum absolute atomic E-state index is 13.6. The molecule has 2 aromatic carbocycles. The van der Waals surface area contributed by atoms with Gasteiger partial charge in [-0.3, -0.25) is 4.79 Å². The fraction of sp³-hybridized carbons (Fsp3) is 0.188. The molecular formula is C16H16FNO2. The Morgan fingerprint density at radius 3 is 2.60 bits per heavy atom. The molecule has 3 nitrogen and oxygen atoms in total. The molecule has 1 N–H and O–H groups in total. The zero-order chi connectivity index (χ0) is 14.7. The number of amides is 1. The lowest BCUT2D eigenvalue weighted by molar-refractivity contribution is 0.102. The van der Waals surface area contributed by atoms with E-state index in [-0.39, 0.29) is 17.2 Å². The van der Waals surface area contributed by atoms with Crippen LogP contribution in [0.2, 0.25) is 0 Å². The lowest BCUT2D eigenvalue weighted by Gasteiger charge is -2.11. The number of methoxy groups -OCH3 is 1. The fourth-order valence-electron chi connectivity index (χ4n) is 1.89. The molecule has 0 radical (unpaired) electrons. The van der Waals surface area contributed by atoms with E-state index in [0.717, 1.165) is 16.8 Å². The number of carbonyl (C=O) groups excluding carboxylic acids is 1. The highest BCUT2D eigenvalue weighted by molar-refractivity contribution is 6.04. The molecule has 0 spiro atoms. The van der Waals surface area contributed by atoms with Crippen LogP contribution in [-0.4, -0.2) is 13.0 Å². The van der Waals surface area contributed by atoms with E-state index in [1.54, 1.807) is 0 Å². The van der Waals surface area contributed by atoms with Crippen LogP contribution in [0.25, 0.3) is 0 Å². The van der Waals surface area contributed by atoms with Crippen molar-refractivity contribution in [3.63, 3.8) is 0 Å². The van der Waals surface area contributed by atoms with Gasteiger partial charge < -0.3 is 10.1 Å². The van der Waals surface area contributed by atoms with Crippen molar-refractivity contribution < 1.29 is 13.9 Å². The third-order valence-corrected chi connectivity index (χ3v) is 3.27. The second kappa shape index (κ2) is 5.74. The van der Waals surface area contributed by atoms with E-state index in [9.17, 15) is 9.18 Å². The number of anilines is 1. The highest BCUT2D eigenvalue weighted by Gasteiger charge is 2.11. The fourth-order valence-corrected chi connectivity index (χ4v) is 1.89. The quantitative estimate of drug-likeness (QED) is 0.926. The first-order chi connectivity index (χ1) is 9.52. The number of nitrogens with one attached hydrogen (secondary N) is 1. The Kier molecular flexibility index (Phi) is 4.03. The zero-order valence-electron chi connectivity index (χ0n) is 11.7. The molecule has 0 saturated carbocycles. The summed E-state index contributed by atoms with van der Waals surface area (Å²) in [6, 6.07) is 9.79. The largest absolute Gasteiger partial charge is 0.494 e. The normalized spacial score (nSPS) is 10.2. The van der Waals surface area contributed by atoms with Crippen molar-refractivity contribution in [2.24, 2.45) is 0 Å². The standard InChI is InChI=1S/C16H16FNO2/c1-10-5-4-6-14(11(10)2)18-16(19)12-7-8-15(20-3)13(17)9-12/h4-9H,1-3H3,(H,18,19). The third-order valence-electron chi connectivity index (χ3n) is 3.27. The molecule has 0 atom stereocenters. The highest BCUT2D eigenvalue weighted by Crippen LogP contribution is 2.21. The average Bonchev–Trinajstić information content (AvgIpc) is 2.43. The van der Waals surface area contributed by atoms with Crippen LogP contribution < -0.4 is 10.1 Å².